The highest BCUT2D eigenvalue weighted by Crippen LogP contribution is 2.11. The first kappa shape index (κ1) is 16.5. The molecule has 5 nitrogen and oxygen atoms in total. The second kappa shape index (κ2) is 7.97. The van der Waals surface area contributed by atoms with Gasteiger partial charge in [-0.2, -0.15) is 0 Å². The van der Waals surface area contributed by atoms with Crippen molar-refractivity contribution in [1.29, 1.82) is 0 Å². The molecule has 23 heavy (non-hydrogen) atoms. The molecule has 0 radical (unpaired) electrons. The number of hydrogen-bond acceptors (Lipinski definition) is 4. The summed E-state index contributed by atoms with van der Waals surface area (Å²) in [6, 6.07) is 11.4. The number of carbonyl (C=O) groups excluding carboxylic acids is 2. The van der Waals surface area contributed by atoms with Crippen LogP contribution in [-0.2, 0) is 0 Å². The predicted molar refractivity (Wildman–Crippen MR) is 86.2 cm³/mol. The SMILES string of the molecule is CCCCC#Cc1ccc(C(=O)N(N)C(=O)c2ccccc2)o1. The lowest BCUT2D eigenvalue weighted by atomic mass is 10.2. The number of benzene rings is 1. The van der Waals surface area contributed by atoms with Crippen LogP contribution in [0.5, 0.6) is 0 Å². The second-order valence-corrected chi connectivity index (χ2v) is 4.92. The van der Waals surface area contributed by atoms with Crippen LogP contribution in [0, 0.1) is 11.8 Å². The number of unbranched alkanes of at least 4 members (excludes halogenated alkanes) is 2. The van der Waals surface area contributed by atoms with Crippen LogP contribution in [0.15, 0.2) is 46.9 Å². The average molecular weight is 310 g/mol. The largest absolute Gasteiger partial charge is 0.443 e. The Hall–Kier alpha value is -2.84. The Bertz CT molecular complexity index is 738. The molecular weight excluding hydrogens is 292 g/mol. The van der Waals surface area contributed by atoms with Crippen LogP contribution in [0.4, 0.5) is 0 Å². The summed E-state index contributed by atoms with van der Waals surface area (Å²) < 4.78 is 5.34. The number of amides is 2. The minimum absolute atomic E-state index is 0.0171. The van der Waals surface area contributed by atoms with Gasteiger partial charge in [0.2, 0.25) is 0 Å². The first-order chi connectivity index (χ1) is 11.1. The molecule has 2 amide bonds. The lowest BCUT2D eigenvalue weighted by Gasteiger charge is -2.12. The van der Waals surface area contributed by atoms with E-state index in [1.165, 1.54) is 6.07 Å². The van der Waals surface area contributed by atoms with E-state index < -0.39 is 11.8 Å². The maximum absolute atomic E-state index is 12.2. The van der Waals surface area contributed by atoms with Crippen LogP contribution in [0.3, 0.4) is 0 Å². The van der Waals surface area contributed by atoms with E-state index in [0.717, 1.165) is 19.3 Å². The quantitative estimate of drug-likeness (QED) is 0.235. The van der Waals surface area contributed by atoms with Crippen molar-refractivity contribution in [2.45, 2.75) is 26.2 Å². The number of nitrogens with zero attached hydrogens (tertiary/aromatic N) is 1. The van der Waals surface area contributed by atoms with Crippen LogP contribution in [0.25, 0.3) is 0 Å². The van der Waals surface area contributed by atoms with E-state index in [0.29, 0.717) is 16.3 Å². The van der Waals surface area contributed by atoms with Gasteiger partial charge in [0.1, 0.15) is 0 Å². The Balaban J connectivity index is 2.06. The Morgan fingerprint density at radius 1 is 1.13 bits per heavy atom. The van der Waals surface area contributed by atoms with Crippen molar-refractivity contribution in [3.8, 4) is 11.8 Å². The number of carbonyl (C=O) groups is 2. The average Bonchev–Trinajstić information content (AvgIpc) is 3.06. The third-order valence-corrected chi connectivity index (χ3v) is 3.14. The van der Waals surface area contributed by atoms with E-state index in [2.05, 4.69) is 18.8 Å². The first-order valence-electron chi connectivity index (χ1n) is 7.40. The van der Waals surface area contributed by atoms with E-state index in [1.54, 1.807) is 36.4 Å². The Kier molecular flexibility index (Phi) is 5.73. The molecule has 0 bridgehead atoms. The summed E-state index contributed by atoms with van der Waals surface area (Å²) in [7, 11) is 0. The summed E-state index contributed by atoms with van der Waals surface area (Å²) in [6.07, 6.45) is 2.86. The maximum Gasteiger partial charge on any atom is 0.310 e. The van der Waals surface area contributed by atoms with Crippen LogP contribution in [0.2, 0.25) is 0 Å². The number of imide groups is 1. The fourth-order valence-corrected chi connectivity index (χ4v) is 1.87. The summed E-state index contributed by atoms with van der Waals surface area (Å²) in [5.41, 5.74) is 0.328. The summed E-state index contributed by atoms with van der Waals surface area (Å²) in [5.74, 6) is 10.5. The van der Waals surface area contributed by atoms with Crippen LogP contribution >= 0.6 is 0 Å². The van der Waals surface area contributed by atoms with Gasteiger partial charge in [-0.1, -0.05) is 37.5 Å². The summed E-state index contributed by atoms with van der Waals surface area (Å²) in [6.45, 7) is 2.09. The molecule has 0 saturated carbocycles. The first-order valence-corrected chi connectivity index (χ1v) is 7.40. The molecule has 2 aromatic rings. The van der Waals surface area contributed by atoms with Crippen molar-refractivity contribution in [3.05, 3.63) is 59.5 Å². The predicted octanol–water partition coefficient (Wildman–Crippen LogP) is 2.98. The molecule has 0 saturated heterocycles. The van der Waals surface area contributed by atoms with Gasteiger partial charge >= 0.3 is 5.91 Å². The number of nitrogens with two attached hydrogens (primary N) is 1. The minimum atomic E-state index is -0.708. The number of rotatable bonds is 4. The van der Waals surface area contributed by atoms with Gasteiger partial charge in [-0.3, -0.25) is 9.59 Å². The van der Waals surface area contributed by atoms with Gasteiger partial charge in [-0.15, -0.1) is 0 Å². The molecule has 2 N–H and O–H groups in total. The summed E-state index contributed by atoms with van der Waals surface area (Å²) >= 11 is 0. The maximum atomic E-state index is 12.2. The number of furan rings is 1. The van der Waals surface area contributed by atoms with Gasteiger partial charge in [0.05, 0.1) is 0 Å². The van der Waals surface area contributed by atoms with Crippen molar-refractivity contribution in [3.63, 3.8) is 0 Å². The van der Waals surface area contributed by atoms with Gasteiger partial charge in [0.25, 0.3) is 5.91 Å². The molecule has 0 spiro atoms. The van der Waals surface area contributed by atoms with E-state index in [-0.39, 0.29) is 5.76 Å². The molecule has 0 aliphatic carbocycles. The molecular formula is C18H18N2O3. The highest BCUT2D eigenvalue weighted by Gasteiger charge is 2.23. The van der Waals surface area contributed by atoms with Gasteiger partial charge in [0.15, 0.2) is 11.5 Å². The summed E-state index contributed by atoms with van der Waals surface area (Å²) in [5, 5.41) is 0.544. The second-order valence-electron chi connectivity index (χ2n) is 4.92. The molecule has 118 valence electrons. The van der Waals surface area contributed by atoms with Gasteiger partial charge < -0.3 is 4.42 Å². The molecule has 0 aliphatic heterocycles. The molecule has 0 atom stereocenters. The van der Waals surface area contributed by atoms with E-state index >= 15 is 0 Å². The highest BCUT2D eigenvalue weighted by molar-refractivity contribution is 6.08. The lowest BCUT2D eigenvalue weighted by molar-refractivity contribution is 0.0595. The van der Waals surface area contributed by atoms with Crippen molar-refractivity contribution in [2.24, 2.45) is 5.84 Å². The van der Waals surface area contributed by atoms with Crippen molar-refractivity contribution in [1.82, 2.24) is 5.01 Å². The topological polar surface area (TPSA) is 76.5 Å². The molecule has 1 aromatic carbocycles. The standard InChI is InChI=1S/C18H18N2O3/c1-2-3-4-8-11-15-12-13-16(23-15)18(22)20(19)17(21)14-9-6-5-7-10-14/h5-7,9-10,12-13H,2-4,19H2,1H3. The molecule has 0 aliphatic rings. The monoisotopic (exact) mass is 310 g/mol. The molecule has 1 aromatic heterocycles. The van der Waals surface area contributed by atoms with Gasteiger partial charge in [-0.05, 0) is 36.6 Å². The van der Waals surface area contributed by atoms with Crippen molar-refractivity contribution in [2.75, 3.05) is 0 Å². The Morgan fingerprint density at radius 3 is 2.57 bits per heavy atom. The lowest BCUT2D eigenvalue weighted by Crippen LogP contribution is -2.42. The van der Waals surface area contributed by atoms with Crippen LogP contribution in [-0.4, -0.2) is 16.8 Å². The third-order valence-electron chi connectivity index (χ3n) is 3.14. The zero-order valence-corrected chi connectivity index (χ0v) is 12.9. The van der Waals surface area contributed by atoms with E-state index in [4.69, 9.17) is 10.3 Å². The van der Waals surface area contributed by atoms with E-state index in [9.17, 15) is 9.59 Å². The fourth-order valence-electron chi connectivity index (χ4n) is 1.87. The molecule has 0 fully saturated rings. The zero-order chi connectivity index (χ0) is 16.7. The highest BCUT2D eigenvalue weighted by atomic mass is 16.4. The number of hydrazine groups is 1. The zero-order valence-electron chi connectivity index (χ0n) is 12.9. The molecule has 5 heteroatoms. The minimum Gasteiger partial charge on any atom is -0.443 e. The number of hydrogen-bond donors (Lipinski definition) is 1. The van der Waals surface area contributed by atoms with Crippen molar-refractivity contribution < 1.29 is 14.0 Å². The van der Waals surface area contributed by atoms with Gasteiger partial charge in [0, 0.05) is 12.0 Å². The smallest absolute Gasteiger partial charge is 0.310 e. The molecule has 1 heterocycles. The van der Waals surface area contributed by atoms with E-state index in [1.807, 2.05) is 0 Å². The molecule has 0 unspecified atom stereocenters. The Labute approximate surface area is 135 Å². The molecule has 2 rings (SSSR count). The van der Waals surface area contributed by atoms with Crippen LogP contribution < -0.4 is 5.84 Å². The van der Waals surface area contributed by atoms with Gasteiger partial charge in [-0.25, -0.2) is 10.9 Å². The Morgan fingerprint density at radius 2 is 1.87 bits per heavy atom. The van der Waals surface area contributed by atoms with Crippen molar-refractivity contribution >= 4 is 11.8 Å². The van der Waals surface area contributed by atoms with Crippen LogP contribution in [0.1, 0.15) is 52.9 Å². The summed E-state index contributed by atoms with van der Waals surface area (Å²) in [4.78, 5) is 24.3. The normalized spacial score (nSPS) is 9.83. The fraction of sp³-hybridized carbons (Fsp3) is 0.222. The third kappa shape index (κ3) is 4.31.